The van der Waals surface area contributed by atoms with Gasteiger partial charge >= 0.3 is 5.97 Å². The smallest absolute Gasteiger partial charge is 0.303 e. The maximum absolute atomic E-state index is 10.3. The van der Waals surface area contributed by atoms with Gasteiger partial charge in [0.15, 0.2) is 0 Å². The Morgan fingerprint density at radius 1 is 0.818 bits per heavy atom. The average Bonchev–Trinajstić information content (AvgIpc) is 2.48. The fourth-order valence-electron chi connectivity index (χ4n) is 2.39. The molecule has 2 atom stereocenters. The molecule has 0 aromatic carbocycles. The molecule has 0 rings (SSSR count). The van der Waals surface area contributed by atoms with Crippen LogP contribution in [0.5, 0.6) is 0 Å². The molecule has 0 spiro atoms. The second-order valence-electron chi connectivity index (χ2n) is 6.07. The summed E-state index contributed by atoms with van der Waals surface area (Å²) in [4.78, 5) is 10.3. The van der Waals surface area contributed by atoms with Gasteiger partial charge in [0, 0.05) is 6.42 Å². The highest BCUT2D eigenvalue weighted by Gasteiger charge is 2.03. The number of carbonyl (C=O) groups is 1. The lowest BCUT2D eigenvalue weighted by Crippen LogP contribution is -2.07. The van der Waals surface area contributed by atoms with Crippen molar-refractivity contribution in [3.63, 3.8) is 0 Å². The van der Waals surface area contributed by atoms with E-state index in [9.17, 15) is 15.0 Å². The van der Waals surface area contributed by atoms with Gasteiger partial charge in [0.2, 0.25) is 0 Å². The van der Waals surface area contributed by atoms with Crippen LogP contribution in [0.25, 0.3) is 0 Å². The maximum atomic E-state index is 10.3. The molecule has 0 aromatic rings. The summed E-state index contributed by atoms with van der Waals surface area (Å²) in [5.41, 5.74) is 0. The van der Waals surface area contributed by atoms with Crippen LogP contribution >= 0.6 is 0 Å². The molecule has 0 aliphatic rings. The van der Waals surface area contributed by atoms with Crippen molar-refractivity contribution in [3.8, 4) is 0 Å². The Morgan fingerprint density at radius 2 is 1.27 bits per heavy atom. The highest BCUT2D eigenvalue weighted by molar-refractivity contribution is 5.66. The largest absolute Gasteiger partial charge is 0.481 e. The standard InChI is InChI=1S/C18H34O4/c1-2-3-4-5-6-8-11-16(19)14-15-17(20)12-9-7-10-13-18(21)22/h14-17,19-20H,2-13H2,1H3,(H,21,22)/b15-14+/t16-,17-/m1/s1. The first kappa shape index (κ1) is 21.1. The van der Waals surface area contributed by atoms with Crippen molar-refractivity contribution in [2.75, 3.05) is 0 Å². The lowest BCUT2D eigenvalue weighted by molar-refractivity contribution is -0.137. The number of aliphatic hydroxyl groups is 2. The maximum Gasteiger partial charge on any atom is 0.303 e. The molecule has 0 fully saturated rings. The van der Waals surface area contributed by atoms with Gasteiger partial charge in [-0.05, 0) is 19.3 Å². The third-order valence-corrected chi connectivity index (χ3v) is 3.80. The normalized spacial score (nSPS) is 14.3. The average molecular weight is 314 g/mol. The zero-order chi connectivity index (χ0) is 16.6. The second kappa shape index (κ2) is 15.0. The number of hydrogen-bond donors (Lipinski definition) is 3. The van der Waals surface area contributed by atoms with E-state index in [0.717, 1.165) is 32.1 Å². The van der Waals surface area contributed by atoms with E-state index in [2.05, 4.69) is 6.92 Å². The molecule has 0 aliphatic heterocycles. The molecule has 0 heterocycles. The summed E-state index contributed by atoms with van der Waals surface area (Å²) in [5, 5.41) is 28.1. The first-order chi connectivity index (χ1) is 10.6. The minimum absolute atomic E-state index is 0.197. The van der Waals surface area contributed by atoms with Crippen LogP contribution in [0.2, 0.25) is 0 Å². The number of aliphatic carboxylic acids is 1. The number of rotatable bonds is 15. The van der Waals surface area contributed by atoms with Crippen molar-refractivity contribution >= 4 is 5.97 Å². The van der Waals surface area contributed by atoms with Crippen LogP contribution in [0.3, 0.4) is 0 Å². The predicted molar refractivity (Wildman–Crippen MR) is 89.9 cm³/mol. The van der Waals surface area contributed by atoms with Gasteiger partial charge in [0.05, 0.1) is 12.2 Å². The van der Waals surface area contributed by atoms with E-state index in [4.69, 9.17) is 5.11 Å². The van der Waals surface area contributed by atoms with E-state index in [1.807, 2.05) is 0 Å². The molecule has 0 unspecified atom stereocenters. The van der Waals surface area contributed by atoms with Crippen molar-refractivity contribution in [2.45, 2.75) is 96.2 Å². The van der Waals surface area contributed by atoms with Crippen molar-refractivity contribution in [1.29, 1.82) is 0 Å². The van der Waals surface area contributed by atoms with Crippen LogP contribution in [0.4, 0.5) is 0 Å². The van der Waals surface area contributed by atoms with E-state index in [1.54, 1.807) is 12.2 Å². The summed E-state index contributed by atoms with van der Waals surface area (Å²) in [5.74, 6) is -0.765. The van der Waals surface area contributed by atoms with E-state index in [1.165, 1.54) is 25.7 Å². The van der Waals surface area contributed by atoms with Gasteiger partial charge < -0.3 is 15.3 Å². The Balaban J connectivity index is 3.52. The molecule has 0 aliphatic carbocycles. The van der Waals surface area contributed by atoms with Crippen LogP contribution < -0.4 is 0 Å². The van der Waals surface area contributed by atoms with Crippen molar-refractivity contribution in [1.82, 2.24) is 0 Å². The minimum Gasteiger partial charge on any atom is -0.481 e. The van der Waals surface area contributed by atoms with Crippen molar-refractivity contribution in [3.05, 3.63) is 12.2 Å². The summed E-state index contributed by atoms with van der Waals surface area (Å²) in [6, 6.07) is 0. The summed E-state index contributed by atoms with van der Waals surface area (Å²) >= 11 is 0. The lowest BCUT2D eigenvalue weighted by Gasteiger charge is -2.08. The summed E-state index contributed by atoms with van der Waals surface area (Å²) in [7, 11) is 0. The van der Waals surface area contributed by atoms with Gasteiger partial charge in [0.1, 0.15) is 0 Å². The molecule has 3 N–H and O–H groups in total. The fraction of sp³-hybridized carbons (Fsp3) is 0.833. The molecule has 4 heteroatoms. The molecule has 0 bridgehead atoms. The molecule has 0 saturated carbocycles. The zero-order valence-electron chi connectivity index (χ0n) is 14.0. The van der Waals surface area contributed by atoms with Gasteiger partial charge in [-0.2, -0.15) is 0 Å². The molecular formula is C18H34O4. The van der Waals surface area contributed by atoms with E-state index < -0.39 is 18.2 Å². The molecule has 0 radical (unpaired) electrons. The van der Waals surface area contributed by atoms with Gasteiger partial charge in [0.25, 0.3) is 0 Å². The number of hydrogen-bond acceptors (Lipinski definition) is 3. The number of aliphatic hydroxyl groups excluding tert-OH is 2. The van der Waals surface area contributed by atoms with Crippen molar-refractivity contribution < 1.29 is 20.1 Å². The van der Waals surface area contributed by atoms with E-state index in [-0.39, 0.29) is 6.42 Å². The van der Waals surface area contributed by atoms with Gasteiger partial charge in [-0.1, -0.05) is 70.4 Å². The van der Waals surface area contributed by atoms with Gasteiger partial charge in [-0.3, -0.25) is 4.79 Å². The monoisotopic (exact) mass is 314 g/mol. The first-order valence-corrected chi connectivity index (χ1v) is 8.82. The fourth-order valence-corrected chi connectivity index (χ4v) is 2.39. The molecule has 4 nitrogen and oxygen atoms in total. The highest BCUT2D eigenvalue weighted by Crippen LogP contribution is 2.11. The Morgan fingerprint density at radius 3 is 1.77 bits per heavy atom. The molecule has 130 valence electrons. The summed E-state index contributed by atoms with van der Waals surface area (Å²) in [6.45, 7) is 2.20. The summed E-state index contributed by atoms with van der Waals surface area (Å²) < 4.78 is 0. The Hall–Kier alpha value is -0.870. The Kier molecular flexibility index (Phi) is 14.4. The number of carboxylic acids is 1. The topological polar surface area (TPSA) is 77.8 Å². The van der Waals surface area contributed by atoms with Gasteiger partial charge in [-0.15, -0.1) is 0 Å². The van der Waals surface area contributed by atoms with E-state index >= 15 is 0 Å². The minimum atomic E-state index is -0.765. The van der Waals surface area contributed by atoms with Crippen LogP contribution in [0.1, 0.15) is 84.0 Å². The molecule has 0 amide bonds. The SMILES string of the molecule is CCCCCCCC[C@@H](O)/C=C/[C@H](O)CCCCCC(=O)O. The van der Waals surface area contributed by atoms with Gasteiger partial charge in [-0.25, -0.2) is 0 Å². The molecular weight excluding hydrogens is 280 g/mol. The number of unbranched alkanes of at least 4 members (excludes halogenated alkanes) is 7. The second-order valence-corrected chi connectivity index (χ2v) is 6.07. The molecule has 0 saturated heterocycles. The zero-order valence-corrected chi connectivity index (χ0v) is 14.0. The van der Waals surface area contributed by atoms with Crippen LogP contribution in [0.15, 0.2) is 12.2 Å². The van der Waals surface area contributed by atoms with E-state index in [0.29, 0.717) is 12.8 Å². The quantitative estimate of drug-likeness (QED) is 0.315. The summed E-state index contributed by atoms with van der Waals surface area (Å²) in [6.07, 6.45) is 13.5. The number of carboxylic acid groups (broad SMARTS) is 1. The lowest BCUT2D eigenvalue weighted by atomic mass is 10.1. The molecule has 0 aromatic heterocycles. The Labute approximate surface area is 135 Å². The Bertz CT molecular complexity index is 289. The third kappa shape index (κ3) is 15.5. The third-order valence-electron chi connectivity index (χ3n) is 3.80. The van der Waals surface area contributed by atoms with Crippen LogP contribution in [0, 0.1) is 0 Å². The first-order valence-electron chi connectivity index (χ1n) is 8.82. The molecule has 22 heavy (non-hydrogen) atoms. The van der Waals surface area contributed by atoms with Crippen LogP contribution in [-0.4, -0.2) is 33.5 Å². The van der Waals surface area contributed by atoms with Crippen molar-refractivity contribution in [2.24, 2.45) is 0 Å². The predicted octanol–water partition coefficient (Wildman–Crippen LogP) is 4.05. The van der Waals surface area contributed by atoms with Crippen LogP contribution in [-0.2, 0) is 4.79 Å². The highest BCUT2D eigenvalue weighted by atomic mass is 16.4.